The zero-order valence-electron chi connectivity index (χ0n) is 9.00. The van der Waals surface area contributed by atoms with Gasteiger partial charge in [0.25, 0.3) is 0 Å². The molecule has 0 spiro atoms. The standard InChI is InChI=1S/C10H13ClFNO2S/c1-7(2)6-13-16(14,15)10-4-3-8(11)5-9(10)12/h3-5,7,13H,6H2,1-2H3. The van der Waals surface area contributed by atoms with Crippen LogP contribution in [-0.2, 0) is 10.0 Å². The summed E-state index contributed by atoms with van der Waals surface area (Å²) < 4.78 is 39.0. The van der Waals surface area contributed by atoms with E-state index >= 15 is 0 Å². The van der Waals surface area contributed by atoms with Crippen molar-refractivity contribution in [1.29, 1.82) is 0 Å². The minimum atomic E-state index is -3.79. The van der Waals surface area contributed by atoms with Crippen LogP contribution in [0.4, 0.5) is 4.39 Å². The van der Waals surface area contributed by atoms with Gasteiger partial charge in [0.1, 0.15) is 10.7 Å². The smallest absolute Gasteiger partial charge is 0.211 e. The Balaban J connectivity index is 2.99. The predicted octanol–water partition coefficient (Wildman–Crippen LogP) is 2.41. The van der Waals surface area contributed by atoms with Gasteiger partial charge >= 0.3 is 0 Å². The summed E-state index contributed by atoms with van der Waals surface area (Å²) in [5.41, 5.74) is 0. The van der Waals surface area contributed by atoms with Crippen molar-refractivity contribution in [3.05, 3.63) is 29.0 Å². The van der Waals surface area contributed by atoms with Gasteiger partial charge in [-0.25, -0.2) is 17.5 Å². The van der Waals surface area contributed by atoms with Gasteiger partial charge in [0.15, 0.2) is 0 Å². The molecule has 0 atom stereocenters. The van der Waals surface area contributed by atoms with E-state index in [1.807, 2.05) is 13.8 Å². The molecule has 90 valence electrons. The molecule has 0 bridgehead atoms. The summed E-state index contributed by atoms with van der Waals surface area (Å²) in [4.78, 5) is -0.377. The minimum Gasteiger partial charge on any atom is -0.211 e. The first-order valence-corrected chi connectivity index (χ1v) is 6.64. The Morgan fingerprint density at radius 2 is 2.06 bits per heavy atom. The molecule has 0 amide bonds. The minimum absolute atomic E-state index is 0.158. The lowest BCUT2D eigenvalue weighted by Crippen LogP contribution is -2.28. The van der Waals surface area contributed by atoms with Crippen LogP contribution in [0.1, 0.15) is 13.8 Å². The van der Waals surface area contributed by atoms with Crippen LogP contribution in [-0.4, -0.2) is 15.0 Å². The van der Waals surface area contributed by atoms with Gasteiger partial charge in [0.2, 0.25) is 10.0 Å². The fraction of sp³-hybridized carbons (Fsp3) is 0.400. The molecule has 0 aliphatic rings. The number of halogens is 2. The zero-order chi connectivity index (χ0) is 12.3. The van der Waals surface area contributed by atoms with E-state index in [9.17, 15) is 12.8 Å². The normalized spacial score (nSPS) is 12.1. The van der Waals surface area contributed by atoms with Gasteiger partial charge in [0, 0.05) is 11.6 Å². The van der Waals surface area contributed by atoms with E-state index in [2.05, 4.69) is 4.72 Å². The van der Waals surface area contributed by atoms with Crippen LogP contribution in [0, 0.1) is 11.7 Å². The Labute approximate surface area is 99.7 Å². The Hall–Kier alpha value is -0.650. The summed E-state index contributed by atoms with van der Waals surface area (Å²) in [6.07, 6.45) is 0. The average molecular weight is 266 g/mol. The van der Waals surface area contributed by atoms with E-state index in [4.69, 9.17) is 11.6 Å². The van der Waals surface area contributed by atoms with Crippen molar-refractivity contribution in [1.82, 2.24) is 4.72 Å². The summed E-state index contributed by atoms with van der Waals surface area (Å²) in [5.74, 6) is -0.686. The molecule has 0 saturated carbocycles. The maximum atomic E-state index is 13.4. The molecule has 1 aromatic carbocycles. The Morgan fingerprint density at radius 3 is 2.56 bits per heavy atom. The molecule has 0 fully saturated rings. The van der Waals surface area contributed by atoms with Crippen LogP contribution < -0.4 is 4.72 Å². The third-order valence-corrected chi connectivity index (χ3v) is 3.56. The molecule has 1 N–H and O–H groups in total. The third-order valence-electron chi connectivity index (χ3n) is 1.87. The molecule has 0 saturated heterocycles. The SMILES string of the molecule is CC(C)CNS(=O)(=O)c1ccc(Cl)cc1F. The number of nitrogens with one attached hydrogen (secondary N) is 1. The van der Waals surface area contributed by atoms with Crippen molar-refractivity contribution in [3.8, 4) is 0 Å². The van der Waals surface area contributed by atoms with E-state index in [0.29, 0.717) is 0 Å². The van der Waals surface area contributed by atoms with Gasteiger partial charge in [0.05, 0.1) is 0 Å². The van der Waals surface area contributed by atoms with E-state index < -0.39 is 15.8 Å². The van der Waals surface area contributed by atoms with Crippen LogP contribution in [0.25, 0.3) is 0 Å². The highest BCUT2D eigenvalue weighted by Gasteiger charge is 2.18. The van der Waals surface area contributed by atoms with Crippen LogP contribution in [0.5, 0.6) is 0 Å². The molecule has 0 radical (unpaired) electrons. The molecule has 6 heteroatoms. The molecular weight excluding hydrogens is 253 g/mol. The van der Waals surface area contributed by atoms with Crippen molar-refractivity contribution in [2.45, 2.75) is 18.7 Å². The van der Waals surface area contributed by atoms with Gasteiger partial charge in [-0.05, 0) is 24.1 Å². The lowest BCUT2D eigenvalue weighted by Gasteiger charge is -2.09. The zero-order valence-corrected chi connectivity index (χ0v) is 10.6. The highest BCUT2D eigenvalue weighted by molar-refractivity contribution is 7.89. The molecule has 3 nitrogen and oxygen atoms in total. The molecule has 16 heavy (non-hydrogen) atoms. The number of sulfonamides is 1. The molecule has 1 aromatic rings. The first-order chi connectivity index (χ1) is 7.33. The predicted molar refractivity (Wildman–Crippen MR) is 61.4 cm³/mol. The second-order valence-corrected chi connectivity index (χ2v) is 5.99. The fourth-order valence-electron chi connectivity index (χ4n) is 1.05. The van der Waals surface area contributed by atoms with Gasteiger partial charge < -0.3 is 0 Å². The summed E-state index contributed by atoms with van der Waals surface area (Å²) in [5, 5.41) is 0.167. The van der Waals surface area contributed by atoms with Crippen LogP contribution in [0.3, 0.4) is 0 Å². The van der Waals surface area contributed by atoms with Crippen molar-refractivity contribution in [2.75, 3.05) is 6.54 Å². The summed E-state index contributed by atoms with van der Waals surface area (Å²) in [6, 6.07) is 3.47. The average Bonchev–Trinajstić information content (AvgIpc) is 2.14. The van der Waals surface area contributed by atoms with E-state index in [0.717, 1.165) is 12.1 Å². The molecule has 0 aliphatic heterocycles. The Kier molecular flexibility index (Phi) is 4.29. The van der Waals surface area contributed by atoms with E-state index in [1.54, 1.807) is 0 Å². The van der Waals surface area contributed by atoms with Gasteiger partial charge in [-0.3, -0.25) is 0 Å². The summed E-state index contributed by atoms with van der Waals surface area (Å²) in [6.45, 7) is 3.99. The highest BCUT2D eigenvalue weighted by atomic mass is 35.5. The van der Waals surface area contributed by atoms with Gasteiger partial charge in [-0.2, -0.15) is 0 Å². The second-order valence-electron chi connectivity index (χ2n) is 3.82. The number of benzene rings is 1. The monoisotopic (exact) mass is 265 g/mol. The van der Waals surface area contributed by atoms with Crippen LogP contribution >= 0.6 is 11.6 Å². The summed E-state index contributed by atoms with van der Waals surface area (Å²) in [7, 11) is -3.79. The topological polar surface area (TPSA) is 46.2 Å². The Morgan fingerprint density at radius 1 is 1.44 bits per heavy atom. The summed E-state index contributed by atoms with van der Waals surface area (Å²) >= 11 is 5.54. The maximum Gasteiger partial charge on any atom is 0.243 e. The number of hydrogen-bond donors (Lipinski definition) is 1. The fourth-order valence-corrected chi connectivity index (χ4v) is 2.48. The number of rotatable bonds is 4. The van der Waals surface area contributed by atoms with Crippen LogP contribution in [0.15, 0.2) is 23.1 Å². The van der Waals surface area contributed by atoms with Crippen molar-refractivity contribution < 1.29 is 12.8 Å². The first-order valence-electron chi connectivity index (χ1n) is 4.77. The Bertz CT molecular complexity index is 474. The van der Waals surface area contributed by atoms with E-state index in [1.165, 1.54) is 6.07 Å². The molecule has 0 unspecified atom stereocenters. The quantitative estimate of drug-likeness (QED) is 0.909. The van der Waals surface area contributed by atoms with E-state index in [-0.39, 0.29) is 22.4 Å². The molecular formula is C10H13ClFNO2S. The number of hydrogen-bond acceptors (Lipinski definition) is 2. The first kappa shape index (κ1) is 13.4. The van der Waals surface area contributed by atoms with Crippen molar-refractivity contribution >= 4 is 21.6 Å². The van der Waals surface area contributed by atoms with Crippen molar-refractivity contribution in [3.63, 3.8) is 0 Å². The molecule has 0 aliphatic carbocycles. The third kappa shape index (κ3) is 3.43. The highest BCUT2D eigenvalue weighted by Crippen LogP contribution is 2.18. The molecule has 1 rings (SSSR count). The lowest BCUT2D eigenvalue weighted by atomic mass is 10.2. The second kappa shape index (κ2) is 5.12. The van der Waals surface area contributed by atoms with Crippen LogP contribution in [0.2, 0.25) is 5.02 Å². The maximum absolute atomic E-state index is 13.4. The van der Waals surface area contributed by atoms with Gasteiger partial charge in [-0.1, -0.05) is 25.4 Å². The van der Waals surface area contributed by atoms with Crippen molar-refractivity contribution in [2.24, 2.45) is 5.92 Å². The molecule has 0 heterocycles. The van der Waals surface area contributed by atoms with Gasteiger partial charge in [-0.15, -0.1) is 0 Å². The molecule has 0 aromatic heterocycles. The largest absolute Gasteiger partial charge is 0.243 e. The lowest BCUT2D eigenvalue weighted by molar-refractivity contribution is 0.543.